The van der Waals surface area contributed by atoms with Crippen molar-refractivity contribution in [3.8, 4) is 0 Å². The summed E-state index contributed by atoms with van der Waals surface area (Å²) in [5.41, 5.74) is 2.61. The number of allylic oxidation sites excluding steroid dienone is 3. The molecule has 6 atom stereocenters. The highest BCUT2D eigenvalue weighted by molar-refractivity contribution is 6.74. The van der Waals surface area contributed by atoms with Gasteiger partial charge in [0.15, 0.2) is 39.1 Å². The smallest absolute Gasteiger partial charge is 0.192 e. The van der Waals surface area contributed by atoms with Crippen molar-refractivity contribution in [2.24, 2.45) is 23.2 Å². The number of carbonyl (C=O) groups is 1. The van der Waals surface area contributed by atoms with Gasteiger partial charge < -0.3 is 17.7 Å². The third-order valence-corrected chi connectivity index (χ3v) is 26.4. The molecule has 0 aromatic heterocycles. The predicted octanol–water partition coefficient (Wildman–Crippen LogP) is 15.4. The van der Waals surface area contributed by atoms with Gasteiger partial charge in [0.1, 0.15) is 5.60 Å². The Morgan fingerprint density at radius 2 is 1.26 bits per heavy atom. The van der Waals surface area contributed by atoms with E-state index in [1.54, 1.807) is 5.57 Å². The molecule has 3 aliphatic rings. The van der Waals surface area contributed by atoms with E-state index in [2.05, 4.69) is 140 Å². The molecule has 0 N–H and O–H groups in total. The van der Waals surface area contributed by atoms with E-state index in [9.17, 15) is 4.79 Å². The summed E-state index contributed by atoms with van der Waals surface area (Å²) >= 11 is 0. The van der Waals surface area contributed by atoms with E-state index in [0.29, 0.717) is 24.2 Å². The first kappa shape index (κ1) is 52.2. The third kappa shape index (κ3) is 14.7. The van der Waals surface area contributed by atoms with E-state index in [0.717, 1.165) is 38.5 Å². The van der Waals surface area contributed by atoms with Gasteiger partial charge in [-0.2, -0.15) is 0 Å². The minimum Gasteiger partial charge on any atom is -0.414 e. The van der Waals surface area contributed by atoms with Crippen molar-refractivity contribution >= 4 is 39.1 Å². The molecule has 5 nitrogen and oxygen atoms in total. The molecule has 0 heterocycles. The minimum atomic E-state index is -1.93. The number of Topliss-reactive ketones (excluding diaryl/α,β-unsaturated/α-hetero) is 1. The zero-order valence-electron chi connectivity index (χ0n) is 42.3. The summed E-state index contributed by atoms with van der Waals surface area (Å²) in [6, 6.07) is 0. The maximum absolute atomic E-state index is 13.9. The Kier molecular flexibility index (Phi) is 17.0. The fraction of sp³-hybridized carbons (Fsp3) is 0.898. The van der Waals surface area contributed by atoms with Crippen molar-refractivity contribution < 1.29 is 22.5 Å². The van der Waals surface area contributed by atoms with Crippen LogP contribution in [0.5, 0.6) is 0 Å². The number of rotatable bonds is 18. The van der Waals surface area contributed by atoms with Crippen LogP contribution in [0.4, 0.5) is 0 Å². The lowest BCUT2D eigenvalue weighted by atomic mass is 9.60. The molecule has 3 aliphatic carbocycles. The molecule has 3 saturated carbocycles. The van der Waals surface area contributed by atoms with Crippen molar-refractivity contribution in [3.05, 3.63) is 23.3 Å². The van der Waals surface area contributed by atoms with Crippen LogP contribution in [0, 0.1) is 23.2 Å². The van der Waals surface area contributed by atoms with Gasteiger partial charge in [0.05, 0.1) is 17.8 Å². The Morgan fingerprint density at radius 3 is 1.74 bits per heavy atom. The van der Waals surface area contributed by atoms with Gasteiger partial charge in [-0.15, -0.1) is 0 Å². The molecule has 0 bridgehead atoms. The fourth-order valence-electron chi connectivity index (χ4n) is 10.6. The molecule has 0 radical (unpaired) electrons. The molecule has 58 heavy (non-hydrogen) atoms. The molecule has 0 aromatic carbocycles. The largest absolute Gasteiger partial charge is 0.414 e. The van der Waals surface area contributed by atoms with Gasteiger partial charge in [0.2, 0.25) is 0 Å². The molecule has 0 spiro atoms. The number of fused-ring (bicyclic) bond motifs is 1. The van der Waals surface area contributed by atoms with Crippen LogP contribution < -0.4 is 0 Å². The predicted molar refractivity (Wildman–Crippen MR) is 261 cm³/mol. The van der Waals surface area contributed by atoms with E-state index in [1.165, 1.54) is 44.1 Å². The van der Waals surface area contributed by atoms with Crippen LogP contribution in [0.15, 0.2) is 23.3 Å². The minimum absolute atomic E-state index is 0.114. The molecule has 2 unspecified atom stereocenters. The highest BCUT2D eigenvalue weighted by Crippen LogP contribution is 2.60. The number of hydrogen-bond acceptors (Lipinski definition) is 5. The van der Waals surface area contributed by atoms with Crippen molar-refractivity contribution in [1.82, 2.24) is 0 Å². The average molecular weight is 878 g/mol. The average Bonchev–Trinajstić information content (AvgIpc) is 3.34. The summed E-state index contributed by atoms with van der Waals surface area (Å²) in [4.78, 5) is 13.9. The van der Waals surface area contributed by atoms with E-state index >= 15 is 0 Å². The molecule has 0 aliphatic heterocycles. The Bertz CT molecular complexity index is 1400. The van der Waals surface area contributed by atoms with E-state index in [-0.39, 0.29) is 39.1 Å². The normalized spacial score (nSPS) is 27.2. The van der Waals surface area contributed by atoms with E-state index in [1.807, 2.05) is 13.8 Å². The van der Waals surface area contributed by atoms with Crippen LogP contribution in [0.2, 0.25) is 75.5 Å². The summed E-state index contributed by atoms with van der Waals surface area (Å²) in [5, 5.41) is 0.359. The lowest BCUT2D eigenvalue weighted by Gasteiger charge is -2.45. The maximum Gasteiger partial charge on any atom is 0.192 e. The quantitative estimate of drug-likeness (QED) is 0.128. The van der Waals surface area contributed by atoms with E-state index in [4.69, 9.17) is 17.7 Å². The van der Waals surface area contributed by atoms with Gasteiger partial charge >= 0.3 is 0 Å². The van der Waals surface area contributed by atoms with Gasteiger partial charge in [-0.05, 0) is 191 Å². The van der Waals surface area contributed by atoms with Crippen LogP contribution in [0.25, 0.3) is 0 Å². The zero-order valence-corrected chi connectivity index (χ0v) is 46.3. The van der Waals surface area contributed by atoms with Crippen LogP contribution in [-0.4, -0.2) is 62.5 Å². The molecule has 3 rings (SSSR count). The molecule has 0 saturated heterocycles. The summed E-state index contributed by atoms with van der Waals surface area (Å²) in [7, 11) is -7.38. The Morgan fingerprint density at radius 1 is 0.741 bits per heavy atom. The van der Waals surface area contributed by atoms with Crippen molar-refractivity contribution in [3.63, 3.8) is 0 Å². The molecule has 0 aromatic rings. The second-order valence-corrected chi connectivity index (χ2v) is 44.0. The van der Waals surface area contributed by atoms with Crippen LogP contribution in [-0.2, 0) is 22.5 Å². The highest BCUT2D eigenvalue weighted by Gasteiger charge is 2.52. The standard InChI is InChI=1S/C49H96O5Si4/c1-45(2,3)57(18,19)51-40-34-37(35-41(36-40)52-58(20,21)46(4,5)6)26-27-38-25-23-33-49(11)42(38)29-30-43(49)39(24-22-32-47(7,8)53-55(12,13)14)28-31-44(50)48(9,10)54-56(15,16)17/h26-27,39-43H,22-25,28-36H2,1-21H3/t39-,40+,41+,42?,43?,49-/m0/s1. The summed E-state index contributed by atoms with van der Waals surface area (Å²) in [6.45, 7) is 48.5. The van der Waals surface area contributed by atoms with Crippen LogP contribution in [0.1, 0.15) is 160 Å². The van der Waals surface area contributed by atoms with E-state index < -0.39 is 38.9 Å². The van der Waals surface area contributed by atoms with Crippen molar-refractivity contribution in [2.45, 2.75) is 259 Å². The number of ketones is 1. The van der Waals surface area contributed by atoms with Crippen molar-refractivity contribution in [1.29, 1.82) is 0 Å². The lowest BCUT2D eigenvalue weighted by molar-refractivity contribution is -0.133. The summed E-state index contributed by atoms with van der Waals surface area (Å²) in [5.74, 6) is 2.05. The number of hydrogen-bond donors (Lipinski definition) is 0. The van der Waals surface area contributed by atoms with Gasteiger partial charge in [-0.25, -0.2) is 0 Å². The second kappa shape index (κ2) is 18.9. The van der Waals surface area contributed by atoms with Gasteiger partial charge in [-0.3, -0.25) is 4.79 Å². The zero-order chi connectivity index (χ0) is 44.6. The molecule has 338 valence electrons. The monoisotopic (exact) mass is 877 g/mol. The van der Waals surface area contributed by atoms with Crippen LogP contribution >= 0.6 is 0 Å². The molecule has 3 fully saturated rings. The maximum atomic E-state index is 13.9. The third-order valence-electron chi connectivity index (χ3n) is 15.1. The van der Waals surface area contributed by atoms with Gasteiger partial charge in [0.25, 0.3) is 0 Å². The molecular formula is C49H96O5Si4. The Hall–Kier alpha value is -0.142. The van der Waals surface area contributed by atoms with Gasteiger partial charge in [0, 0.05) is 6.42 Å². The first-order valence-corrected chi connectivity index (χ1v) is 36.3. The fourth-order valence-corrected chi connectivity index (χ4v) is 16.7. The summed E-state index contributed by atoms with van der Waals surface area (Å²) in [6.07, 6.45) is 19.8. The second-order valence-electron chi connectivity index (χ2n) is 25.6. The Balaban J connectivity index is 1.91. The SMILES string of the molecule is CC(C)(CCC[C@@H](CCC(=O)C(C)(C)O[Si](C)(C)C)C1CCC2C(=CC=C3C[C@@H](O[Si](C)(C)C(C)(C)C)C[C@H](O[Si](C)(C)C(C)(C)C)C3)CCC[C@@]21C)O[Si](C)(C)C. The number of carbonyl (C=O) groups excluding carboxylic acids is 1. The van der Waals surface area contributed by atoms with Crippen LogP contribution in [0.3, 0.4) is 0 Å². The first-order valence-electron chi connectivity index (χ1n) is 23.6. The first-order chi connectivity index (χ1) is 26.0. The molecule has 9 heteroatoms. The van der Waals surface area contributed by atoms with Gasteiger partial charge in [-0.1, -0.05) is 84.6 Å². The van der Waals surface area contributed by atoms with Crippen molar-refractivity contribution in [2.75, 3.05) is 0 Å². The Labute approximate surface area is 364 Å². The topological polar surface area (TPSA) is 54.0 Å². The molecular weight excluding hydrogens is 781 g/mol. The highest BCUT2D eigenvalue weighted by atomic mass is 28.4. The lowest BCUT2D eigenvalue weighted by Crippen LogP contribution is -2.48. The molecule has 0 amide bonds. The summed E-state index contributed by atoms with van der Waals surface area (Å²) < 4.78 is 27.4.